The maximum absolute atomic E-state index is 12.5. The highest BCUT2D eigenvalue weighted by Gasteiger charge is 2.29. The van der Waals surface area contributed by atoms with Crippen LogP contribution in [0.2, 0.25) is 0 Å². The Bertz CT molecular complexity index is 574. The monoisotopic (exact) mass is 323 g/mol. The number of hydrogen-bond acceptors (Lipinski definition) is 5. The summed E-state index contributed by atoms with van der Waals surface area (Å²) in [5, 5.41) is 2.60. The molecule has 0 radical (unpaired) electrons. The van der Waals surface area contributed by atoms with Gasteiger partial charge in [-0.05, 0) is 20.3 Å². The van der Waals surface area contributed by atoms with Crippen LogP contribution in [0, 0.1) is 0 Å². The molecule has 1 aromatic heterocycles. The lowest BCUT2D eigenvalue weighted by Gasteiger charge is -2.36. The van der Waals surface area contributed by atoms with Crippen LogP contribution in [0.3, 0.4) is 0 Å². The molecular weight excluding hydrogens is 302 g/mol. The van der Waals surface area contributed by atoms with Gasteiger partial charge in [0.05, 0.1) is 30.9 Å². The first kappa shape index (κ1) is 15.4. The first-order valence-electron chi connectivity index (χ1n) is 7.70. The molecule has 7 heteroatoms. The summed E-state index contributed by atoms with van der Waals surface area (Å²) in [5.74, 6) is 0.204. The van der Waals surface area contributed by atoms with Crippen LogP contribution in [-0.4, -0.2) is 53.5 Å². The predicted octanol–water partition coefficient (Wildman–Crippen LogP) is 1.45. The molecule has 2 aliphatic heterocycles. The largest absolute Gasteiger partial charge is 0.375 e. The molecule has 2 atom stereocenters. The van der Waals surface area contributed by atoms with E-state index in [0.29, 0.717) is 24.7 Å². The van der Waals surface area contributed by atoms with Crippen LogP contribution in [0.4, 0.5) is 5.13 Å². The number of carbonyl (C=O) groups excluding carboxylic acids is 2. The number of thiazole rings is 1. The predicted molar refractivity (Wildman–Crippen MR) is 84.0 cm³/mol. The van der Waals surface area contributed by atoms with Crippen molar-refractivity contribution in [2.45, 2.75) is 45.3 Å². The van der Waals surface area contributed by atoms with Crippen molar-refractivity contribution < 1.29 is 14.3 Å². The van der Waals surface area contributed by atoms with E-state index in [2.05, 4.69) is 4.98 Å². The second kappa shape index (κ2) is 6.34. The van der Waals surface area contributed by atoms with E-state index in [1.165, 1.54) is 11.3 Å². The normalized spacial score (nSPS) is 25.8. The van der Waals surface area contributed by atoms with Gasteiger partial charge in [-0.3, -0.25) is 14.5 Å². The van der Waals surface area contributed by atoms with Crippen LogP contribution in [0.1, 0.15) is 32.4 Å². The van der Waals surface area contributed by atoms with Crippen molar-refractivity contribution in [3.05, 3.63) is 11.1 Å². The zero-order valence-electron chi connectivity index (χ0n) is 12.9. The third-order valence-electron chi connectivity index (χ3n) is 4.10. The molecule has 2 aliphatic rings. The number of morpholine rings is 1. The molecule has 22 heavy (non-hydrogen) atoms. The molecule has 2 saturated heterocycles. The summed E-state index contributed by atoms with van der Waals surface area (Å²) in [6, 6.07) is 0.0990. The Morgan fingerprint density at radius 2 is 2.32 bits per heavy atom. The van der Waals surface area contributed by atoms with Gasteiger partial charge in [-0.1, -0.05) is 0 Å². The SMILES string of the molecule is CC1CN(C(=O)Cc2csc(N3CCCC3=O)n2)C(C)CO1. The van der Waals surface area contributed by atoms with E-state index < -0.39 is 0 Å². The number of aromatic nitrogens is 1. The van der Waals surface area contributed by atoms with Crippen LogP contribution >= 0.6 is 11.3 Å². The Kier molecular flexibility index (Phi) is 4.44. The van der Waals surface area contributed by atoms with E-state index in [1.54, 1.807) is 4.90 Å². The molecule has 1 aromatic rings. The fourth-order valence-corrected chi connectivity index (χ4v) is 3.73. The molecule has 2 fully saturated rings. The summed E-state index contributed by atoms with van der Waals surface area (Å²) in [7, 11) is 0. The fourth-order valence-electron chi connectivity index (χ4n) is 2.86. The molecule has 3 heterocycles. The van der Waals surface area contributed by atoms with E-state index in [1.807, 2.05) is 24.1 Å². The summed E-state index contributed by atoms with van der Waals surface area (Å²) in [4.78, 5) is 32.3. The van der Waals surface area contributed by atoms with Gasteiger partial charge in [0.15, 0.2) is 5.13 Å². The van der Waals surface area contributed by atoms with Crippen LogP contribution in [-0.2, 0) is 20.7 Å². The zero-order valence-corrected chi connectivity index (χ0v) is 13.8. The minimum Gasteiger partial charge on any atom is -0.375 e. The Morgan fingerprint density at radius 3 is 3.05 bits per heavy atom. The molecule has 0 bridgehead atoms. The van der Waals surface area contributed by atoms with Gasteiger partial charge in [0, 0.05) is 24.9 Å². The third kappa shape index (κ3) is 3.15. The lowest BCUT2D eigenvalue weighted by atomic mass is 10.2. The second-order valence-electron chi connectivity index (χ2n) is 5.99. The van der Waals surface area contributed by atoms with Crippen molar-refractivity contribution in [2.24, 2.45) is 0 Å². The Hall–Kier alpha value is -1.47. The van der Waals surface area contributed by atoms with Crippen LogP contribution < -0.4 is 4.90 Å². The Balaban J connectivity index is 1.64. The molecule has 2 amide bonds. The molecule has 0 spiro atoms. The molecule has 3 rings (SSSR count). The van der Waals surface area contributed by atoms with Crippen molar-refractivity contribution in [1.82, 2.24) is 9.88 Å². The summed E-state index contributed by atoms with van der Waals surface area (Å²) >= 11 is 1.44. The summed E-state index contributed by atoms with van der Waals surface area (Å²) in [6.45, 7) is 5.92. The summed E-state index contributed by atoms with van der Waals surface area (Å²) < 4.78 is 5.55. The first-order valence-corrected chi connectivity index (χ1v) is 8.58. The minimum atomic E-state index is 0.0762. The molecule has 0 saturated carbocycles. The van der Waals surface area contributed by atoms with Gasteiger partial charge in [-0.25, -0.2) is 4.98 Å². The molecular formula is C15H21N3O3S. The fraction of sp³-hybridized carbons (Fsp3) is 0.667. The average Bonchev–Trinajstić information content (AvgIpc) is 3.10. The smallest absolute Gasteiger partial charge is 0.229 e. The molecule has 120 valence electrons. The van der Waals surface area contributed by atoms with Gasteiger partial charge in [-0.15, -0.1) is 11.3 Å². The van der Waals surface area contributed by atoms with Crippen LogP contribution in [0.15, 0.2) is 5.38 Å². The minimum absolute atomic E-state index is 0.0762. The summed E-state index contributed by atoms with van der Waals surface area (Å²) in [5.41, 5.74) is 0.746. The molecule has 0 N–H and O–H groups in total. The van der Waals surface area contributed by atoms with Gasteiger partial charge in [0.25, 0.3) is 0 Å². The number of rotatable bonds is 3. The van der Waals surface area contributed by atoms with Crippen molar-refractivity contribution >= 4 is 28.3 Å². The maximum atomic E-state index is 12.5. The topological polar surface area (TPSA) is 62.7 Å². The van der Waals surface area contributed by atoms with Gasteiger partial charge in [0.2, 0.25) is 11.8 Å². The van der Waals surface area contributed by atoms with Crippen molar-refractivity contribution in [1.29, 1.82) is 0 Å². The van der Waals surface area contributed by atoms with Gasteiger partial charge in [0.1, 0.15) is 0 Å². The lowest BCUT2D eigenvalue weighted by molar-refractivity contribution is -0.142. The number of hydrogen-bond donors (Lipinski definition) is 0. The zero-order chi connectivity index (χ0) is 15.7. The van der Waals surface area contributed by atoms with E-state index in [4.69, 9.17) is 4.74 Å². The highest BCUT2D eigenvalue weighted by molar-refractivity contribution is 7.14. The molecule has 0 aromatic carbocycles. The quantitative estimate of drug-likeness (QED) is 0.844. The number of amides is 2. The molecule has 2 unspecified atom stereocenters. The molecule has 6 nitrogen and oxygen atoms in total. The first-order chi connectivity index (χ1) is 10.5. The third-order valence-corrected chi connectivity index (χ3v) is 5.02. The number of ether oxygens (including phenoxy) is 1. The van der Waals surface area contributed by atoms with Crippen molar-refractivity contribution in [2.75, 3.05) is 24.6 Å². The van der Waals surface area contributed by atoms with Crippen LogP contribution in [0.25, 0.3) is 0 Å². The lowest BCUT2D eigenvalue weighted by Crippen LogP contribution is -2.50. The van der Waals surface area contributed by atoms with Crippen LogP contribution in [0.5, 0.6) is 0 Å². The summed E-state index contributed by atoms with van der Waals surface area (Å²) in [6.07, 6.45) is 1.84. The van der Waals surface area contributed by atoms with E-state index in [9.17, 15) is 9.59 Å². The second-order valence-corrected chi connectivity index (χ2v) is 6.82. The Labute approximate surface area is 134 Å². The average molecular weight is 323 g/mol. The van der Waals surface area contributed by atoms with Crippen molar-refractivity contribution in [3.8, 4) is 0 Å². The highest BCUT2D eigenvalue weighted by atomic mass is 32.1. The van der Waals surface area contributed by atoms with E-state index in [-0.39, 0.29) is 30.4 Å². The molecule has 0 aliphatic carbocycles. The van der Waals surface area contributed by atoms with E-state index in [0.717, 1.165) is 18.7 Å². The van der Waals surface area contributed by atoms with Crippen molar-refractivity contribution in [3.63, 3.8) is 0 Å². The van der Waals surface area contributed by atoms with Gasteiger partial charge in [-0.2, -0.15) is 0 Å². The van der Waals surface area contributed by atoms with Gasteiger partial charge >= 0.3 is 0 Å². The number of nitrogens with zero attached hydrogens (tertiary/aromatic N) is 3. The van der Waals surface area contributed by atoms with Gasteiger partial charge < -0.3 is 9.64 Å². The standard InChI is InChI=1S/C15H21N3O3S/c1-10-8-21-11(2)7-18(10)14(20)6-12-9-22-15(16-12)17-5-3-4-13(17)19/h9-11H,3-8H2,1-2H3. The maximum Gasteiger partial charge on any atom is 0.229 e. The number of carbonyl (C=O) groups is 2. The highest BCUT2D eigenvalue weighted by Crippen LogP contribution is 2.25. The number of anilines is 1. The van der Waals surface area contributed by atoms with E-state index >= 15 is 0 Å². The Morgan fingerprint density at radius 1 is 1.50 bits per heavy atom.